The van der Waals surface area contributed by atoms with E-state index in [2.05, 4.69) is 21.8 Å². The molecule has 1 aliphatic rings. The number of hydrogen-bond donors (Lipinski definition) is 1. The van der Waals surface area contributed by atoms with Gasteiger partial charge in [-0.05, 0) is 51.9 Å². The van der Waals surface area contributed by atoms with Gasteiger partial charge in [0.15, 0.2) is 5.78 Å². The number of hydrogen-bond acceptors (Lipinski definition) is 4. The fourth-order valence-corrected chi connectivity index (χ4v) is 3.81. The molecule has 2 aromatic rings. The average Bonchev–Trinajstić information content (AvgIpc) is 3.07. The highest BCUT2D eigenvalue weighted by molar-refractivity contribution is 7.11. The summed E-state index contributed by atoms with van der Waals surface area (Å²) in [7, 11) is 0. The van der Waals surface area contributed by atoms with Gasteiger partial charge in [0, 0.05) is 17.1 Å². The topological polar surface area (TPSA) is 46.9 Å². The summed E-state index contributed by atoms with van der Waals surface area (Å²) < 4.78 is 2.16. The van der Waals surface area contributed by atoms with E-state index in [1.54, 1.807) is 11.3 Å². The van der Waals surface area contributed by atoms with Crippen LogP contribution in [0.5, 0.6) is 0 Å². The summed E-state index contributed by atoms with van der Waals surface area (Å²) in [5.74, 6) is 0.173. The molecule has 0 spiro atoms. The fourth-order valence-electron chi connectivity index (χ4n) is 2.88. The first kappa shape index (κ1) is 14.5. The molecule has 2 aromatic heterocycles. The summed E-state index contributed by atoms with van der Waals surface area (Å²) in [6.45, 7) is 6.11. The first-order valence-corrected chi connectivity index (χ1v) is 8.30. The molecule has 4 nitrogen and oxygen atoms in total. The van der Waals surface area contributed by atoms with Crippen LogP contribution >= 0.6 is 11.3 Å². The zero-order chi connectivity index (χ0) is 14.8. The van der Waals surface area contributed by atoms with Crippen molar-refractivity contribution in [2.24, 2.45) is 0 Å². The van der Waals surface area contributed by atoms with Crippen molar-refractivity contribution < 1.29 is 4.79 Å². The van der Waals surface area contributed by atoms with Gasteiger partial charge in [0.05, 0.1) is 17.8 Å². The Morgan fingerprint density at radius 3 is 2.86 bits per heavy atom. The average molecular weight is 303 g/mol. The normalized spacial score (nSPS) is 16.3. The second-order valence-electron chi connectivity index (χ2n) is 5.63. The number of piperidine rings is 1. The van der Waals surface area contributed by atoms with Gasteiger partial charge in [-0.1, -0.05) is 0 Å². The predicted octanol–water partition coefficient (Wildman–Crippen LogP) is 2.91. The van der Waals surface area contributed by atoms with Crippen molar-refractivity contribution in [2.75, 3.05) is 13.1 Å². The second-order valence-corrected chi connectivity index (χ2v) is 6.92. The third kappa shape index (κ3) is 3.09. The van der Waals surface area contributed by atoms with E-state index in [9.17, 15) is 4.79 Å². The fraction of sp³-hybridized carbons (Fsp3) is 0.500. The van der Waals surface area contributed by atoms with Crippen molar-refractivity contribution >= 4 is 17.1 Å². The number of ketones is 1. The second kappa shape index (κ2) is 6.12. The van der Waals surface area contributed by atoms with E-state index in [0.717, 1.165) is 42.3 Å². The Hall–Kier alpha value is -1.46. The highest BCUT2D eigenvalue weighted by atomic mass is 32.1. The van der Waals surface area contributed by atoms with E-state index < -0.39 is 0 Å². The number of aromatic nitrogens is 2. The van der Waals surface area contributed by atoms with Crippen LogP contribution < -0.4 is 5.32 Å². The van der Waals surface area contributed by atoms with Gasteiger partial charge in [-0.15, -0.1) is 11.3 Å². The lowest BCUT2D eigenvalue weighted by Crippen LogP contribution is -2.30. The monoisotopic (exact) mass is 303 g/mol. The minimum atomic E-state index is 0.173. The van der Waals surface area contributed by atoms with E-state index in [4.69, 9.17) is 0 Å². The highest BCUT2D eigenvalue weighted by Gasteiger charge is 2.20. The Labute approximate surface area is 129 Å². The quantitative estimate of drug-likeness (QED) is 0.884. The van der Waals surface area contributed by atoms with Crippen molar-refractivity contribution in [1.29, 1.82) is 0 Å². The number of nitrogens with zero attached hydrogens (tertiary/aromatic N) is 2. The molecule has 0 unspecified atom stereocenters. The molecule has 3 rings (SSSR count). The Bertz CT molecular complexity index is 618. The van der Waals surface area contributed by atoms with Crippen LogP contribution in [0.3, 0.4) is 0 Å². The third-order valence-electron chi connectivity index (χ3n) is 4.15. The lowest BCUT2D eigenvalue weighted by molar-refractivity contribution is 0.0980. The first-order valence-electron chi connectivity index (χ1n) is 7.49. The Morgan fingerprint density at radius 1 is 1.43 bits per heavy atom. The van der Waals surface area contributed by atoms with Gasteiger partial charge >= 0.3 is 0 Å². The summed E-state index contributed by atoms with van der Waals surface area (Å²) >= 11 is 1.63. The molecule has 1 saturated heterocycles. The molecule has 0 atom stereocenters. The van der Waals surface area contributed by atoms with Crippen LogP contribution in [0.1, 0.15) is 45.0 Å². The van der Waals surface area contributed by atoms with Gasteiger partial charge in [0.2, 0.25) is 0 Å². The van der Waals surface area contributed by atoms with E-state index in [0.29, 0.717) is 12.5 Å². The number of carbonyl (C=O) groups is 1. The van der Waals surface area contributed by atoms with Crippen LogP contribution in [0.4, 0.5) is 0 Å². The number of carbonyl (C=O) groups excluding carboxylic acids is 1. The van der Waals surface area contributed by atoms with Crippen molar-refractivity contribution in [3.05, 3.63) is 39.6 Å². The molecule has 3 heterocycles. The molecule has 5 heteroatoms. The SMILES string of the molecule is Cc1nc(CC(=O)c2cccn2C2CCNCC2)sc1C. The number of rotatable bonds is 4. The van der Waals surface area contributed by atoms with E-state index in [-0.39, 0.29) is 5.78 Å². The van der Waals surface area contributed by atoms with E-state index in [1.165, 1.54) is 4.88 Å². The summed E-state index contributed by atoms with van der Waals surface area (Å²) in [6.07, 6.45) is 4.63. The maximum Gasteiger partial charge on any atom is 0.186 e. The highest BCUT2D eigenvalue weighted by Crippen LogP contribution is 2.23. The molecule has 1 aliphatic heterocycles. The van der Waals surface area contributed by atoms with E-state index in [1.807, 2.05) is 25.3 Å². The number of aryl methyl sites for hydroxylation is 2. The summed E-state index contributed by atoms with van der Waals surface area (Å²) in [4.78, 5) is 18.3. The molecule has 21 heavy (non-hydrogen) atoms. The Kier molecular flexibility index (Phi) is 4.22. The van der Waals surface area contributed by atoms with Crippen LogP contribution in [-0.4, -0.2) is 28.4 Å². The van der Waals surface area contributed by atoms with Gasteiger partial charge < -0.3 is 9.88 Å². The zero-order valence-corrected chi connectivity index (χ0v) is 13.4. The van der Waals surface area contributed by atoms with Crippen molar-refractivity contribution in [3.8, 4) is 0 Å². The van der Waals surface area contributed by atoms with Crippen LogP contribution in [0, 0.1) is 13.8 Å². The maximum atomic E-state index is 12.6. The summed E-state index contributed by atoms with van der Waals surface area (Å²) in [6, 6.07) is 4.37. The zero-order valence-electron chi connectivity index (χ0n) is 12.6. The smallest absolute Gasteiger partial charge is 0.186 e. The first-order chi connectivity index (χ1) is 10.1. The van der Waals surface area contributed by atoms with Gasteiger partial charge in [-0.2, -0.15) is 0 Å². The number of Topliss-reactive ketones (excluding diaryl/α,β-unsaturated/α-hetero) is 1. The Morgan fingerprint density at radius 2 is 2.19 bits per heavy atom. The van der Waals surface area contributed by atoms with Crippen LogP contribution in [0.2, 0.25) is 0 Å². The van der Waals surface area contributed by atoms with Crippen molar-refractivity contribution in [3.63, 3.8) is 0 Å². The minimum Gasteiger partial charge on any atom is -0.342 e. The van der Waals surface area contributed by atoms with Gasteiger partial charge in [-0.3, -0.25) is 4.79 Å². The van der Waals surface area contributed by atoms with Gasteiger partial charge in [-0.25, -0.2) is 4.98 Å². The molecular weight excluding hydrogens is 282 g/mol. The molecule has 0 bridgehead atoms. The summed E-state index contributed by atoms with van der Waals surface area (Å²) in [5.41, 5.74) is 1.86. The maximum absolute atomic E-state index is 12.6. The van der Waals surface area contributed by atoms with Crippen molar-refractivity contribution in [1.82, 2.24) is 14.9 Å². The molecular formula is C16H21N3OS. The lowest BCUT2D eigenvalue weighted by Gasteiger charge is -2.25. The third-order valence-corrected chi connectivity index (χ3v) is 5.22. The summed E-state index contributed by atoms with van der Waals surface area (Å²) in [5, 5.41) is 4.29. The largest absolute Gasteiger partial charge is 0.342 e. The molecule has 1 fully saturated rings. The lowest BCUT2D eigenvalue weighted by atomic mass is 10.1. The molecule has 0 saturated carbocycles. The minimum absolute atomic E-state index is 0.173. The van der Waals surface area contributed by atoms with E-state index >= 15 is 0 Å². The van der Waals surface area contributed by atoms with Crippen LogP contribution in [0.25, 0.3) is 0 Å². The molecule has 0 aromatic carbocycles. The molecule has 0 amide bonds. The number of nitrogens with one attached hydrogen (secondary N) is 1. The number of thiazole rings is 1. The van der Waals surface area contributed by atoms with Gasteiger partial charge in [0.25, 0.3) is 0 Å². The molecule has 0 aliphatic carbocycles. The standard InChI is InChI=1S/C16H21N3OS/c1-11-12(2)21-16(18-11)10-15(20)14-4-3-9-19(14)13-5-7-17-8-6-13/h3-4,9,13,17H,5-8,10H2,1-2H3. The molecule has 1 N–H and O–H groups in total. The Balaban J connectivity index is 1.77. The van der Waals surface area contributed by atoms with Crippen LogP contribution in [0.15, 0.2) is 18.3 Å². The predicted molar refractivity (Wildman–Crippen MR) is 85.2 cm³/mol. The van der Waals surface area contributed by atoms with Crippen molar-refractivity contribution in [2.45, 2.75) is 39.2 Å². The molecule has 112 valence electrons. The molecule has 0 radical (unpaired) electrons. The van der Waals surface area contributed by atoms with Gasteiger partial charge in [0.1, 0.15) is 5.01 Å². The van der Waals surface area contributed by atoms with Crippen LogP contribution in [-0.2, 0) is 6.42 Å².